The highest BCUT2D eigenvalue weighted by Crippen LogP contribution is 2.49. The van der Waals surface area contributed by atoms with E-state index in [4.69, 9.17) is 0 Å². The summed E-state index contributed by atoms with van der Waals surface area (Å²) >= 11 is 0. The molecule has 0 spiro atoms. The Hall–Kier alpha value is -0.900. The van der Waals surface area contributed by atoms with Crippen LogP contribution in [0.4, 0.5) is 0 Å². The zero-order chi connectivity index (χ0) is 13.6. The van der Waals surface area contributed by atoms with E-state index in [9.17, 15) is 5.11 Å². The Kier molecular flexibility index (Phi) is 3.16. The number of hydrogen-bond donors (Lipinski definition) is 1. The lowest BCUT2D eigenvalue weighted by Gasteiger charge is -2.27. The summed E-state index contributed by atoms with van der Waals surface area (Å²) in [7, 11) is 0. The second kappa shape index (κ2) is 4.58. The van der Waals surface area contributed by atoms with Gasteiger partial charge in [0.05, 0.1) is 0 Å². The molecule has 2 bridgehead atoms. The van der Waals surface area contributed by atoms with Gasteiger partial charge in [-0.3, -0.25) is 0 Å². The van der Waals surface area contributed by atoms with E-state index in [-0.39, 0.29) is 12.1 Å². The Balaban J connectivity index is 1.83. The monoisotopic (exact) mass is 263 g/mol. The third kappa shape index (κ3) is 2.31. The minimum Gasteiger partial charge on any atom is -0.388 e. The fourth-order valence-electron chi connectivity index (χ4n) is 4.22. The molecule has 2 saturated carbocycles. The standard InChI is InChI=1S/C15H25N3O/c1-15(2,3)18-13(16-17-14(18)9-19)8-12-7-10-4-5-11(12)6-10/h10-12,19H,4-9H2,1-3H3. The normalized spacial score (nSPS) is 30.2. The molecule has 2 aliphatic rings. The largest absolute Gasteiger partial charge is 0.388 e. The number of aromatic nitrogens is 3. The van der Waals surface area contributed by atoms with Crippen LogP contribution in [0.3, 0.4) is 0 Å². The van der Waals surface area contributed by atoms with Gasteiger partial charge in [-0.05, 0) is 57.8 Å². The van der Waals surface area contributed by atoms with Crippen molar-refractivity contribution in [2.24, 2.45) is 17.8 Å². The number of fused-ring (bicyclic) bond motifs is 2. The van der Waals surface area contributed by atoms with Crippen molar-refractivity contribution in [1.82, 2.24) is 14.8 Å². The minimum atomic E-state index is -0.0610. The number of nitrogens with zero attached hydrogens (tertiary/aromatic N) is 3. The van der Waals surface area contributed by atoms with Gasteiger partial charge in [0.1, 0.15) is 12.4 Å². The number of rotatable bonds is 3. The summed E-state index contributed by atoms with van der Waals surface area (Å²) in [6, 6.07) is 0. The Morgan fingerprint density at radius 3 is 2.42 bits per heavy atom. The molecular formula is C15H25N3O. The van der Waals surface area contributed by atoms with Crippen LogP contribution in [0.15, 0.2) is 0 Å². The lowest BCUT2D eigenvalue weighted by atomic mass is 9.86. The van der Waals surface area contributed by atoms with Crippen LogP contribution < -0.4 is 0 Å². The van der Waals surface area contributed by atoms with Gasteiger partial charge in [-0.1, -0.05) is 6.42 Å². The van der Waals surface area contributed by atoms with Crippen LogP contribution in [0.1, 0.15) is 58.1 Å². The molecule has 0 aromatic carbocycles. The van der Waals surface area contributed by atoms with E-state index < -0.39 is 0 Å². The molecule has 0 amide bonds. The van der Waals surface area contributed by atoms with Gasteiger partial charge in [0, 0.05) is 12.0 Å². The summed E-state index contributed by atoms with van der Waals surface area (Å²) in [5.74, 6) is 4.43. The van der Waals surface area contributed by atoms with Crippen molar-refractivity contribution in [3.8, 4) is 0 Å². The average Bonchev–Trinajstić information content (AvgIpc) is 3.01. The van der Waals surface area contributed by atoms with Crippen molar-refractivity contribution >= 4 is 0 Å². The van der Waals surface area contributed by atoms with Crippen molar-refractivity contribution in [2.75, 3.05) is 0 Å². The van der Waals surface area contributed by atoms with Crippen LogP contribution in [-0.2, 0) is 18.6 Å². The first-order chi connectivity index (χ1) is 8.99. The van der Waals surface area contributed by atoms with E-state index >= 15 is 0 Å². The van der Waals surface area contributed by atoms with E-state index in [1.807, 2.05) is 0 Å². The van der Waals surface area contributed by atoms with Crippen molar-refractivity contribution in [3.05, 3.63) is 11.6 Å². The summed E-state index contributed by atoms with van der Waals surface area (Å²) in [5, 5.41) is 18.0. The highest BCUT2D eigenvalue weighted by Gasteiger charge is 2.40. The molecule has 1 heterocycles. The first-order valence-electron chi connectivity index (χ1n) is 7.53. The molecule has 2 aliphatic carbocycles. The van der Waals surface area contributed by atoms with Crippen LogP contribution in [0.5, 0.6) is 0 Å². The summed E-state index contributed by atoms with van der Waals surface area (Å²) in [4.78, 5) is 0. The third-order valence-electron chi connectivity index (χ3n) is 4.94. The molecule has 3 atom stereocenters. The second-order valence-corrected chi connectivity index (χ2v) is 7.34. The molecule has 1 aromatic rings. The first kappa shape index (κ1) is 13.1. The lowest BCUT2D eigenvalue weighted by Crippen LogP contribution is -2.28. The van der Waals surface area contributed by atoms with Crippen LogP contribution in [0.2, 0.25) is 0 Å². The van der Waals surface area contributed by atoms with Gasteiger partial charge in [0.15, 0.2) is 5.82 Å². The molecule has 0 aliphatic heterocycles. The Morgan fingerprint density at radius 2 is 1.89 bits per heavy atom. The molecule has 4 heteroatoms. The molecule has 0 saturated heterocycles. The predicted octanol–water partition coefficient (Wildman–Crippen LogP) is 2.50. The van der Waals surface area contributed by atoms with Gasteiger partial charge in [0.2, 0.25) is 0 Å². The topological polar surface area (TPSA) is 50.9 Å². The van der Waals surface area contributed by atoms with Crippen molar-refractivity contribution in [1.29, 1.82) is 0 Å². The molecule has 106 valence electrons. The summed E-state index contributed by atoms with van der Waals surface area (Å²) in [6.07, 6.45) is 6.68. The number of hydrogen-bond acceptors (Lipinski definition) is 3. The van der Waals surface area contributed by atoms with E-state index in [0.717, 1.165) is 30.0 Å². The summed E-state index contributed by atoms with van der Waals surface area (Å²) in [5.41, 5.74) is -0.0610. The van der Waals surface area contributed by atoms with Gasteiger partial charge < -0.3 is 9.67 Å². The SMILES string of the molecule is CC(C)(C)n1c(CO)nnc1CC1CC2CCC1C2. The maximum Gasteiger partial charge on any atom is 0.159 e. The van der Waals surface area contributed by atoms with Crippen molar-refractivity contribution in [3.63, 3.8) is 0 Å². The smallest absolute Gasteiger partial charge is 0.159 e. The van der Waals surface area contributed by atoms with E-state index in [1.54, 1.807) is 0 Å². The minimum absolute atomic E-state index is 0.0268. The Morgan fingerprint density at radius 1 is 1.16 bits per heavy atom. The van der Waals surface area contributed by atoms with E-state index in [1.165, 1.54) is 25.7 Å². The molecule has 4 nitrogen and oxygen atoms in total. The quantitative estimate of drug-likeness (QED) is 0.911. The molecule has 3 unspecified atom stereocenters. The van der Waals surface area contributed by atoms with Gasteiger partial charge in [-0.15, -0.1) is 10.2 Å². The van der Waals surface area contributed by atoms with Crippen molar-refractivity contribution in [2.45, 2.75) is 65.0 Å². The number of aliphatic hydroxyl groups is 1. The fourth-order valence-corrected chi connectivity index (χ4v) is 4.22. The zero-order valence-corrected chi connectivity index (χ0v) is 12.3. The molecule has 19 heavy (non-hydrogen) atoms. The first-order valence-corrected chi connectivity index (χ1v) is 7.53. The van der Waals surface area contributed by atoms with E-state index in [0.29, 0.717) is 5.82 Å². The fraction of sp³-hybridized carbons (Fsp3) is 0.867. The van der Waals surface area contributed by atoms with Crippen LogP contribution in [0.25, 0.3) is 0 Å². The van der Waals surface area contributed by atoms with E-state index in [2.05, 4.69) is 35.5 Å². The molecule has 1 aromatic heterocycles. The highest BCUT2D eigenvalue weighted by atomic mass is 16.3. The van der Waals surface area contributed by atoms with Gasteiger partial charge in [-0.25, -0.2) is 0 Å². The molecule has 1 N–H and O–H groups in total. The molecule has 3 rings (SSSR count). The van der Waals surface area contributed by atoms with Crippen LogP contribution in [0, 0.1) is 17.8 Å². The Bertz CT molecular complexity index is 460. The lowest BCUT2D eigenvalue weighted by molar-refractivity contribution is 0.244. The zero-order valence-electron chi connectivity index (χ0n) is 12.3. The maximum absolute atomic E-state index is 9.44. The average molecular weight is 263 g/mol. The summed E-state index contributed by atoms with van der Waals surface area (Å²) < 4.78 is 2.14. The van der Waals surface area contributed by atoms with Crippen LogP contribution in [-0.4, -0.2) is 19.9 Å². The molecule has 2 fully saturated rings. The van der Waals surface area contributed by atoms with Crippen molar-refractivity contribution < 1.29 is 5.11 Å². The second-order valence-electron chi connectivity index (χ2n) is 7.34. The number of aliphatic hydroxyl groups excluding tert-OH is 1. The van der Waals surface area contributed by atoms with Gasteiger partial charge in [0.25, 0.3) is 0 Å². The Labute approximate surface area is 115 Å². The van der Waals surface area contributed by atoms with Gasteiger partial charge >= 0.3 is 0 Å². The molecular weight excluding hydrogens is 238 g/mol. The predicted molar refractivity (Wildman–Crippen MR) is 73.6 cm³/mol. The highest BCUT2D eigenvalue weighted by molar-refractivity contribution is 5.04. The molecule has 0 radical (unpaired) electrons. The van der Waals surface area contributed by atoms with Gasteiger partial charge in [-0.2, -0.15) is 0 Å². The maximum atomic E-state index is 9.44. The summed E-state index contributed by atoms with van der Waals surface area (Å²) in [6.45, 7) is 6.43. The third-order valence-corrected chi connectivity index (χ3v) is 4.94. The van der Waals surface area contributed by atoms with Crippen LogP contribution >= 0.6 is 0 Å².